The van der Waals surface area contributed by atoms with E-state index in [4.69, 9.17) is 4.74 Å². The Morgan fingerprint density at radius 2 is 1.46 bits per heavy atom. The van der Waals surface area contributed by atoms with Crippen LogP contribution < -0.4 is 4.74 Å². The number of fused-ring (bicyclic) bond motifs is 1. The van der Waals surface area contributed by atoms with E-state index in [-0.39, 0.29) is 12.2 Å². The molecule has 3 rings (SSSR count). The second-order valence-corrected chi connectivity index (χ2v) is 5.93. The molecule has 0 unspecified atom stereocenters. The van der Waals surface area contributed by atoms with Gasteiger partial charge in [0.25, 0.3) is 0 Å². The number of aryl methyl sites for hydroxylation is 1. The van der Waals surface area contributed by atoms with Gasteiger partial charge in [-0.05, 0) is 65.6 Å². The molecular weight excluding hydrogens is 344 g/mol. The van der Waals surface area contributed by atoms with Crippen LogP contribution in [0.3, 0.4) is 0 Å². The molecule has 5 heteroatoms. The van der Waals surface area contributed by atoms with Crippen LogP contribution in [0.25, 0.3) is 10.8 Å². The zero-order chi connectivity index (χ0) is 18.7. The van der Waals surface area contributed by atoms with Gasteiger partial charge in [0.15, 0.2) is 11.6 Å². The van der Waals surface area contributed by atoms with Crippen molar-refractivity contribution in [2.75, 3.05) is 0 Å². The number of halogens is 4. The van der Waals surface area contributed by atoms with Crippen molar-refractivity contribution < 1.29 is 22.3 Å². The highest BCUT2D eigenvalue weighted by Gasteiger charge is 2.12. The van der Waals surface area contributed by atoms with Crippen LogP contribution in [0.5, 0.6) is 5.75 Å². The predicted molar refractivity (Wildman–Crippen MR) is 93.1 cm³/mol. The minimum atomic E-state index is -0.971. The molecule has 0 saturated heterocycles. The molecule has 0 atom stereocenters. The first-order valence-corrected chi connectivity index (χ1v) is 8.07. The predicted octanol–water partition coefficient (Wildman–Crippen LogP) is 6.09. The summed E-state index contributed by atoms with van der Waals surface area (Å²) in [5, 5.41) is 0.933. The van der Waals surface area contributed by atoms with Gasteiger partial charge in [-0.3, -0.25) is 0 Å². The molecule has 0 radical (unpaired) electrons. The highest BCUT2D eigenvalue weighted by molar-refractivity contribution is 5.84. The smallest absolute Gasteiger partial charge is 0.159 e. The third-order valence-electron chi connectivity index (χ3n) is 4.07. The second-order valence-electron chi connectivity index (χ2n) is 5.93. The van der Waals surface area contributed by atoms with Crippen LogP contribution in [0, 0.1) is 23.3 Å². The van der Waals surface area contributed by atoms with Gasteiger partial charge in [-0.1, -0.05) is 12.1 Å². The fraction of sp³-hybridized carbons (Fsp3) is 0.143. The van der Waals surface area contributed by atoms with Crippen LogP contribution in [0.1, 0.15) is 17.5 Å². The number of hydrogen-bond donors (Lipinski definition) is 0. The summed E-state index contributed by atoms with van der Waals surface area (Å²) in [5.74, 6) is -2.97. The van der Waals surface area contributed by atoms with Gasteiger partial charge < -0.3 is 4.74 Å². The fourth-order valence-corrected chi connectivity index (χ4v) is 2.67. The van der Waals surface area contributed by atoms with E-state index in [0.717, 1.165) is 12.1 Å². The molecule has 0 bridgehead atoms. The Morgan fingerprint density at radius 1 is 0.808 bits per heavy atom. The topological polar surface area (TPSA) is 9.23 Å². The first-order chi connectivity index (χ1) is 12.5. The summed E-state index contributed by atoms with van der Waals surface area (Å²) in [5.41, 5.74) is 0.365. The lowest BCUT2D eigenvalue weighted by atomic mass is 10.1. The molecule has 0 heterocycles. The Hall–Kier alpha value is -2.82. The van der Waals surface area contributed by atoms with Gasteiger partial charge in [-0.15, -0.1) is 6.58 Å². The van der Waals surface area contributed by atoms with Crippen molar-refractivity contribution in [1.82, 2.24) is 0 Å². The quantitative estimate of drug-likeness (QED) is 0.382. The molecule has 0 amide bonds. The van der Waals surface area contributed by atoms with Gasteiger partial charge in [0, 0.05) is 0 Å². The maximum atomic E-state index is 14.2. The Labute approximate surface area is 148 Å². The van der Waals surface area contributed by atoms with Crippen LogP contribution in [-0.4, -0.2) is 0 Å². The Kier molecular flexibility index (Phi) is 5.26. The standard InChI is InChI=1S/C21H16F4O/c1-2-3-4-13-7-18(22)17(19(23)8-13)12-26-16-6-5-14-10-20(24)21(25)11-15(14)9-16/h2,5-11H,1,3-4,12H2. The van der Waals surface area contributed by atoms with E-state index < -0.39 is 23.3 Å². The van der Waals surface area contributed by atoms with Crippen molar-refractivity contribution in [2.24, 2.45) is 0 Å². The van der Waals surface area contributed by atoms with E-state index in [9.17, 15) is 17.6 Å². The summed E-state index contributed by atoms with van der Waals surface area (Å²) < 4.78 is 60.3. The van der Waals surface area contributed by atoms with Crippen LogP contribution in [0.15, 0.2) is 55.1 Å². The maximum Gasteiger partial charge on any atom is 0.159 e. The third-order valence-corrected chi connectivity index (χ3v) is 4.07. The monoisotopic (exact) mass is 360 g/mol. The van der Waals surface area contributed by atoms with Crippen LogP contribution >= 0.6 is 0 Å². The first-order valence-electron chi connectivity index (χ1n) is 8.07. The van der Waals surface area contributed by atoms with E-state index in [1.807, 2.05) is 0 Å². The molecule has 0 N–H and O–H groups in total. The van der Waals surface area contributed by atoms with Crippen molar-refractivity contribution >= 4 is 10.8 Å². The molecule has 0 aromatic heterocycles. The van der Waals surface area contributed by atoms with Crippen molar-refractivity contribution in [3.63, 3.8) is 0 Å². The molecule has 0 aliphatic heterocycles. The average molecular weight is 360 g/mol. The van der Waals surface area contributed by atoms with Gasteiger partial charge >= 0.3 is 0 Å². The first kappa shape index (κ1) is 18.0. The summed E-state index contributed by atoms with van der Waals surface area (Å²) in [6.45, 7) is 3.27. The molecule has 0 fully saturated rings. The normalized spacial score (nSPS) is 10.9. The molecule has 0 spiro atoms. The van der Waals surface area contributed by atoms with Crippen molar-refractivity contribution in [3.05, 3.63) is 89.5 Å². The number of hydrogen-bond acceptors (Lipinski definition) is 1. The second kappa shape index (κ2) is 7.60. The van der Waals surface area contributed by atoms with Crippen molar-refractivity contribution in [2.45, 2.75) is 19.4 Å². The SMILES string of the molecule is C=CCCc1cc(F)c(COc2ccc3cc(F)c(F)cc3c2)c(F)c1. The molecular formula is C21H16F4O. The zero-order valence-electron chi connectivity index (χ0n) is 13.9. The summed E-state index contributed by atoms with van der Waals surface area (Å²) in [6.07, 6.45) is 2.81. The summed E-state index contributed by atoms with van der Waals surface area (Å²) in [4.78, 5) is 0. The highest BCUT2D eigenvalue weighted by atomic mass is 19.2. The lowest BCUT2D eigenvalue weighted by molar-refractivity contribution is 0.293. The molecule has 26 heavy (non-hydrogen) atoms. The van der Waals surface area contributed by atoms with Gasteiger partial charge in [-0.2, -0.15) is 0 Å². The molecule has 134 valence electrons. The summed E-state index contributed by atoms with van der Waals surface area (Å²) in [6, 6.07) is 9.27. The van der Waals surface area contributed by atoms with Crippen LogP contribution in [0.2, 0.25) is 0 Å². The lowest BCUT2D eigenvalue weighted by Gasteiger charge is -2.11. The number of ether oxygens (including phenoxy) is 1. The van der Waals surface area contributed by atoms with Gasteiger partial charge in [-0.25, -0.2) is 17.6 Å². The molecule has 0 aliphatic carbocycles. The lowest BCUT2D eigenvalue weighted by Crippen LogP contribution is -2.03. The third kappa shape index (κ3) is 3.87. The minimum absolute atomic E-state index is 0.183. The molecule has 3 aromatic rings. The van der Waals surface area contributed by atoms with Crippen molar-refractivity contribution in [1.29, 1.82) is 0 Å². The van der Waals surface area contributed by atoms with E-state index in [1.165, 1.54) is 24.3 Å². The number of rotatable bonds is 6. The molecule has 0 aliphatic rings. The maximum absolute atomic E-state index is 14.2. The Bertz CT molecular complexity index is 943. The summed E-state index contributed by atoms with van der Waals surface area (Å²) in [7, 11) is 0. The van der Waals surface area contributed by atoms with Gasteiger partial charge in [0.2, 0.25) is 0 Å². The number of allylic oxidation sites excluding steroid dienone is 1. The molecule has 3 aromatic carbocycles. The Balaban J connectivity index is 1.79. The molecule has 0 saturated carbocycles. The van der Waals surface area contributed by atoms with E-state index in [2.05, 4.69) is 6.58 Å². The largest absolute Gasteiger partial charge is 0.489 e. The minimum Gasteiger partial charge on any atom is -0.489 e. The van der Waals surface area contributed by atoms with Crippen LogP contribution in [-0.2, 0) is 13.0 Å². The fourth-order valence-electron chi connectivity index (χ4n) is 2.67. The van der Waals surface area contributed by atoms with Gasteiger partial charge in [0.05, 0.1) is 5.56 Å². The Morgan fingerprint density at radius 3 is 2.12 bits per heavy atom. The van der Waals surface area contributed by atoms with Crippen molar-refractivity contribution in [3.8, 4) is 5.75 Å². The zero-order valence-corrected chi connectivity index (χ0v) is 13.9. The van der Waals surface area contributed by atoms with E-state index >= 15 is 0 Å². The summed E-state index contributed by atoms with van der Waals surface area (Å²) >= 11 is 0. The van der Waals surface area contributed by atoms with E-state index in [0.29, 0.717) is 34.9 Å². The average Bonchev–Trinajstić information content (AvgIpc) is 2.60. The highest BCUT2D eigenvalue weighted by Crippen LogP contribution is 2.25. The molecule has 1 nitrogen and oxygen atoms in total. The van der Waals surface area contributed by atoms with Gasteiger partial charge in [0.1, 0.15) is 24.0 Å². The van der Waals surface area contributed by atoms with Crippen LogP contribution in [0.4, 0.5) is 17.6 Å². The van der Waals surface area contributed by atoms with E-state index in [1.54, 1.807) is 12.1 Å². The number of benzene rings is 3.